The molecule has 1 aromatic carbocycles. The molecule has 4 nitrogen and oxygen atoms in total. The quantitative estimate of drug-likeness (QED) is 0.810. The largest absolute Gasteiger partial charge is 0.454 e. The molecule has 0 radical (unpaired) electrons. The van der Waals surface area contributed by atoms with Crippen LogP contribution in [0.5, 0.6) is 11.5 Å². The summed E-state index contributed by atoms with van der Waals surface area (Å²) >= 11 is 1.63. The van der Waals surface area contributed by atoms with Gasteiger partial charge in [-0.3, -0.25) is 4.79 Å². The molecule has 4 rings (SSSR count). The second-order valence-corrected chi connectivity index (χ2v) is 6.55. The zero-order chi connectivity index (χ0) is 15.6. The molecule has 1 aromatic heterocycles. The topological polar surface area (TPSA) is 38.8 Å². The van der Waals surface area contributed by atoms with Gasteiger partial charge in [-0.2, -0.15) is 11.3 Å². The van der Waals surface area contributed by atoms with Gasteiger partial charge in [-0.1, -0.05) is 6.07 Å². The van der Waals surface area contributed by atoms with Crippen LogP contribution in [0.1, 0.15) is 23.5 Å². The van der Waals surface area contributed by atoms with Gasteiger partial charge in [0.1, 0.15) is 0 Å². The van der Waals surface area contributed by atoms with Gasteiger partial charge in [0.2, 0.25) is 12.7 Å². The lowest BCUT2D eigenvalue weighted by Gasteiger charge is -2.15. The minimum absolute atomic E-state index is 0.0828. The van der Waals surface area contributed by atoms with E-state index in [1.54, 1.807) is 17.4 Å². The van der Waals surface area contributed by atoms with Gasteiger partial charge < -0.3 is 14.4 Å². The van der Waals surface area contributed by atoms with Crippen molar-refractivity contribution in [1.29, 1.82) is 0 Å². The van der Waals surface area contributed by atoms with Crippen LogP contribution in [0.25, 0.3) is 6.08 Å². The van der Waals surface area contributed by atoms with Crippen LogP contribution in [0, 0.1) is 0 Å². The van der Waals surface area contributed by atoms with Crippen LogP contribution in [0.3, 0.4) is 0 Å². The number of hydrogen-bond acceptors (Lipinski definition) is 4. The Morgan fingerprint density at radius 3 is 3.04 bits per heavy atom. The first-order valence-electron chi connectivity index (χ1n) is 7.68. The van der Waals surface area contributed by atoms with Crippen molar-refractivity contribution < 1.29 is 14.3 Å². The van der Waals surface area contributed by atoms with Crippen molar-refractivity contribution >= 4 is 23.3 Å². The Balaban J connectivity index is 1.41. The molecule has 2 aliphatic rings. The van der Waals surface area contributed by atoms with Crippen LogP contribution in [0.2, 0.25) is 0 Å². The summed E-state index contributed by atoms with van der Waals surface area (Å²) < 4.78 is 10.8. The number of carbonyl (C=O) groups excluding carboxylic acids is 1. The van der Waals surface area contributed by atoms with Crippen LogP contribution in [-0.2, 0) is 4.79 Å². The van der Waals surface area contributed by atoms with E-state index in [1.807, 2.05) is 39.9 Å². The maximum atomic E-state index is 12.3. The van der Waals surface area contributed by atoms with Gasteiger partial charge in [-0.25, -0.2) is 0 Å². The van der Waals surface area contributed by atoms with E-state index >= 15 is 0 Å². The highest BCUT2D eigenvalue weighted by Gasteiger charge is 2.27. The van der Waals surface area contributed by atoms with E-state index in [9.17, 15) is 4.79 Å². The molecule has 0 bridgehead atoms. The van der Waals surface area contributed by atoms with E-state index in [2.05, 4.69) is 6.07 Å². The van der Waals surface area contributed by atoms with Crippen molar-refractivity contribution in [3.63, 3.8) is 0 Å². The van der Waals surface area contributed by atoms with Crippen LogP contribution in [-0.4, -0.2) is 30.7 Å². The molecular formula is C18H17NO3S. The summed E-state index contributed by atoms with van der Waals surface area (Å²) in [5, 5.41) is 4.04. The molecule has 1 fully saturated rings. The molecule has 0 saturated carbocycles. The molecule has 1 atom stereocenters. The normalized spacial score (nSPS) is 19.7. The van der Waals surface area contributed by atoms with Gasteiger partial charge in [-0.05, 0) is 52.6 Å². The summed E-state index contributed by atoms with van der Waals surface area (Å²) in [7, 11) is 0. The van der Waals surface area contributed by atoms with E-state index in [-0.39, 0.29) is 5.91 Å². The SMILES string of the molecule is O=C(C=Cc1ccsc1)N1CCC(c2ccc3c(c2)OCO3)C1. The minimum Gasteiger partial charge on any atom is -0.454 e. The highest BCUT2D eigenvalue weighted by atomic mass is 32.1. The Bertz CT molecular complexity index is 739. The molecule has 1 unspecified atom stereocenters. The molecule has 2 aliphatic heterocycles. The summed E-state index contributed by atoms with van der Waals surface area (Å²) in [4.78, 5) is 14.2. The third-order valence-corrected chi connectivity index (χ3v) is 5.03. The number of carbonyl (C=O) groups is 1. The number of likely N-dealkylation sites (tertiary alicyclic amines) is 1. The van der Waals surface area contributed by atoms with Crippen molar-refractivity contribution in [2.45, 2.75) is 12.3 Å². The summed E-state index contributed by atoms with van der Waals surface area (Å²) in [6.45, 7) is 1.85. The number of fused-ring (bicyclic) bond motifs is 1. The summed E-state index contributed by atoms with van der Waals surface area (Å²) in [6.07, 6.45) is 4.54. The molecular weight excluding hydrogens is 310 g/mol. The molecule has 1 amide bonds. The Kier molecular flexibility index (Phi) is 3.79. The number of amides is 1. The van der Waals surface area contributed by atoms with Gasteiger partial charge in [-0.15, -0.1) is 0 Å². The maximum absolute atomic E-state index is 12.3. The van der Waals surface area contributed by atoms with Crippen LogP contribution < -0.4 is 9.47 Å². The van der Waals surface area contributed by atoms with Gasteiger partial charge >= 0.3 is 0 Å². The van der Waals surface area contributed by atoms with Crippen LogP contribution >= 0.6 is 11.3 Å². The Morgan fingerprint density at radius 2 is 2.17 bits per heavy atom. The van der Waals surface area contributed by atoms with Gasteiger partial charge in [0.05, 0.1) is 0 Å². The van der Waals surface area contributed by atoms with E-state index in [1.165, 1.54) is 5.56 Å². The lowest BCUT2D eigenvalue weighted by Crippen LogP contribution is -2.26. The Labute approximate surface area is 138 Å². The minimum atomic E-state index is 0.0828. The first-order chi connectivity index (χ1) is 11.3. The predicted octanol–water partition coefficient (Wildman–Crippen LogP) is 3.51. The Hall–Kier alpha value is -2.27. The fourth-order valence-corrected chi connectivity index (χ4v) is 3.67. The van der Waals surface area contributed by atoms with Crippen LogP contribution in [0.15, 0.2) is 41.1 Å². The highest BCUT2D eigenvalue weighted by molar-refractivity contribution is 7.08. The average molecular weight is 327 g/mol. The number of ether oxygens (including phenoxy) is 2. The van der Waals surface area contributed by atoms with Crippen molar-refractivity contribution in [3.05, 3.63) is 52.2 Å². The van der Waals surface area contributed by atoms with Crippen LogP contribution in [0.4, 0.5) is 0 Å². The number of benzene rings is 1. The molecule has 3 heterocycles. The van der Waals surface area contributed by atoms with E-state index in [4.69, 9.17) is 9.47 Å². The lowest BCUT2D eigenvalue weighted by molar-refractivity contribution is -0.124. The standard InChI is InChI=1S/C18H17NO3S/c20-18(4-1-13-6-8-23-11-13)19-7-5-15(10-19)14-2-3-16-17(9-14)22-12-21-16/h1-4,6,8-9,11,15H,5,7,10,12H2. The van der Waals surface area contributed by atoms with Gasteiger partial charge in [0.15, 0.2) is 11.5 Å². The molecule has 0 N–H and O–H groups in total. The maximum Gasteiger partial charge on any atom is 0.246 e. The molecule has 0 spiro atoms. The number of rotatable bonds is 3. The average Bonchev–Trinajstić information content (AvgIpc) is 3.32. The van der Waals surface area contributed by atoms with E-state index < -0.39 is 0 Å². The molecule has 118 valence electrons. The fraction of sp³-hybridized carbons (Fsp3) is 0.278. The second kappa shape index (κ2) is 6.08. The molecule has 23 heavy (non-hydrogen) atoms. The Morgan fingerprint density at radius 1 is 1.26 bits per heavy atom. The number of hydrogen-bond donors (Lipinski definition) is 0. The fourth-order valence-electron chi connectivity index (χ4n) is 3.04. The third-order valence-electron chi connectivity index (χ3n) is 4.33. The first kappa shape index (κ1) is 14.3. The third kappa shape index (κ3) is 2.97. The summed E-state index contributed by atoms with van der Waals surface area (Å²) in [6, 6.07) is 8.09. The summed E-state index contributed by atoms with van der Waals surface area (Å²) in [5.74, 6) is 2.06. The molecule has 2 aromatic rings. The second-order valence-electron chi connectivity index (χ2n) is 5.77. The smallest absolute Gasteiger partial charge is 0.246 e. The zero-order valence-electron chi connectivity index (χ0n) is 12.6. The first-order valence-corrected chi connectivity index (χ1v) is 8.62. The monoisotopic (exact) mass is 327 g/mol. The van der Waals surface area contributed by atoms with Crippen molar-refractivity contribution in [3.8, 4) is 11.5 Å². The van der Waals surface area contributed by atoms with Crippen molar-refractivity contribution in [2.75, 3.05) is 19.9 Å². The number of thiophene rings is 1. The van der Waals surface area contributed by atoms with Gasteiger partial charge in [0.25, 0.3) is 0 Å². The molecule has 0 aliphatic carbocycles. The number of nitrogens with zero attached hydrogens (tertiary/aromatic N) is 1. The molecule has 5 heteroatoms. The zero-order valence-corrected chi connectivity index (χ0v) is 13.4. The van der Waals surface area contributed by atoms with E-state index in [0.717, 1.165) is 36.6 Å². The van der Waals surface area contributed by atoms with E-state index in [0.29, 0.717) is 12.7 Å². The predicted molar refractivity (Wildman–Crippen MR) is 89.9 cm³/mol. The highest BCUT2D eigenvalue weighted by Crippen LogP contribution is 2.37. The summed E-state index contributed by atoms with van der Waals surface area (Å²) in [5.41, 5.74) is 2.29. The van der Waals surface area contributed by atoms with Crippen molar-refractivity contribution in [1.82, 2.24) is 4.90 Å². The molecule has 1 saturated heterocycles. The lowest BCUT2D eigenvalue weighted by atomic mass is 9.98. The van der Waals surface area contributed by atoms with Gasteiger partial charge in [0, 0.05) is 25.1 Å². The van der Waals surface area contributed by atoms with Crippen molar-refractivity contribution in [2.24, 2.45) is 0 Å².